The quantitative estimate of drug-likeness (QED) is 0.0678. The summed E-state index contributed by atoms with van der Waals surface area (Å²) in [6, 6.07) is 27.7. The Labute approximate surface area is 473 Å². The van der Waals surface area contributed by atoms with Gasteiger partial charge < -0.3 is 50.7 Å². The molecule has 2 amide bonds. The first-order valence-corrected chi connectivity index (χ1v) is 27.0. The van der Waals surface area contributed by atoms with Gasteiger partial charge in [0.1, 0.15) is 47.0 Å². The van der Waals surface area contributed by atoms with Gasteiger partial charge in [0.25, 0.3) is 11.8 Å². The van der Waals surface area contributed by atoms with E-state index >= 15 is 0 Å². The van der Waals surface area contributed by atoms with E-state index in [2.05, 4.69) is 89.2 Å². The van der Waals surface area contributed by atoms with Crippen LogP contribution in [0, 0.1) is 5.92 Å². The molecule has 6 aromatic heterocycles. The summed E-state index contributed by atoms with van der Waals surface area (Å²) in [6.45, 7) is 14.1. The van der Waals surface area contributed by atoms with Crippen LogP contribution in [0.15, 0.2) is 110 Å². The number of amides is 2. The van der Waals surface area contributed by atoms with Crippen molar-refractivity contribution in [3.05, 3.63) is 132 Å². The van der Waals surface area contributed by atoms with Gasteiger partial charge in [-0.2, -0.15) is 0 Å². The average molecular weight is 1110 g/mol. The fourth-order valence-electron chi connectivity index (χ4n) is 10.7. The highest BCUT2D eigenvalue weighted by Gasteiger charge is 2.22. The number of ether oxygens (including phenoxy) is 2. The molecule has 20 nitrogen and oxygen atoms in total. The molecule has 2 atom stereocenters. The minimum atomic E-state index is -0.231. The summed E-state index contributed by atoms with van der Waals surface area (Å²) in [7, 11) is 1.00. The van der Waals surface area contributed by atoms with Crippen LogP contribution in [-0.4, -0.2) is 159 Å². The van der Waals surface area contributed by atoms with E-state index in [4.69, 9.17) is 20.3 Å². The zero-order chi connectivity index (χ0) is 53.8. The highest BCUT2D eigenvalue weighted by molar-refractivity contribution is 6.04. The fraction of sp³-hybridized carbons (Fsp3) is 0.390. The molecule has 0 bridgehead atoms. The molecule has 0 aliphatic carbocycles. The normalized spacial score (nSPS) is 17.7. The van der Waals surface area contributed by atoms with Crippen LogP contribution < -0.4 is 26.2 Å². The third kappa shape index (κ3) is 14.7. The van der Waals surface area contributed by atoms with Gasteiger partial charge in [0.05, 0.1) is 37.2 Å². The predicted octanol–water partition coefficient (Wildman–Crippen LogP) is 8.04. The van der Waals surface area contributed by atoms with Gasteiger partial charge in [-0.05, 0) is 128 Å². The molecular weight excluding hydrogens is 1030 g/mol. The topological polar surface area (TPSA) is 245 Å². The van der Waals surface area contributed by atoms with Crippen LogP contribution in [0.1, 0.15) is 72.1 Å². The van der Waals surface area contributed by atoms with Crippen molar-refractivity contribution in [3.63, 3.8) is 0 Å². The first kappa shape index (κ1) is 58.7. The van der Waals surface area contributed by atoms with Crippen LogP contribution in [0.3, 0.4) is 0 Å². The van der Waals surface area contributed by atoms with Crippen LogP contribution in [0.5, 0.6) is 0 Å². The minimum Gasteiger partial charge on any atom is -0.400 e. The van der Waals surface area contributed by atoms with E-state index in [1.807, 2.05) is 72.8 Å². The van der Waals surface area contributed by atoms with Crippen molar-refractivity contribution >= 4 is 69.3 Å². The SMILES string of the molecule is C.CO.C[C@@H]1CCCN(Cc2ccnc(C(=O)Nc3ccc(-c4cc5c(N6CCOCC6)ncnc5[nH]4)cc3)c2)C1.Cl.N[C@@H]1CCCN(Cc2ccnc(C(=O)Nc3ccc(-c4cc5c(N6CCOCC6)ncnc5[nH]4)cc3)c2)C1. The number of aromatic amines is 2. The lowest BCUT2D eigenvalue weighted by atomic mass is 10.00. The number of H-pyrrole nitrogens is 2. The van der Waals surface area contributed by atoms with Gasteiger partial charge in [-0.3, -0.25) is 29.4 Å². The number of likely N-dealkylation sites (tertiary alicyclic amines) is 2. The first-order valence-electron chi connectivity index (χ1n) is 27.0. The van der Waals surface area contributed by atoms with Crippen molar-refractivity contribution in [2.24, 2.45) is 11.7 Å². The summed E-state index contributed by atoms with van der Waals surface area (Å²) in [4.78, 5) is 68.5. The van der Waals surface area contributed by atoms with Gasteiger partial charge in [-0.25, -0.2) is 19.9 Å². The largest absolute Gasteiger partial charge is 0.400 e. The third-order valence-electron chi connectivity index (χ3n) is 14.5. The van der Waals surface area contributed by atoms with E-state index in [0.717, 1.165) is 164 Å². The van der Waals surface area contributed by atoms with E-state index in [1.54, 1.807) is 25.0 Å². The van der Waals surface area contributed by atoms with Crippen molar-refractivity contribution < 1.29 is 24.2 Å². The summed E-state index contributed by atoms with van der Waals surface area (Å²) < 4.78 is 11.0. The molecule has 21 heteroatoms. The molecule has 0 radical (unpaired) electrons. The van der Waals surface area contributed by atoms with Gasteiger partial charge in [0.2, 0.25) is 0 Å². The number of aromatic nitrogens is 8. The van der Waals surface area contributed by atoms with Crippen molar-refractivity contribution in [2.45, 2.75) is 59.2 Å². The molecule has 0 unspecified atom stereocenters. The lowest BCUT2D eigenvalue weighted by Gasteiger charge is -2.30. The number of carbonyl (C=O) groups excluding carboxylic acids is 2. The molecule has 7 N–H and O–H groups in total. The van der Waals surface area contributed by atoms with Crippen LogP contribution >= 0.6 is 12.4 Å². The Kier molecular flexibility index (Phi) is 20.6. The van der Waals surface area contributed by atoms with Gasteiger partial charge in [-0.1, -0.05) is 38.6 Å². The van der Waals surface area contributed by atoms with Gasteiger partial charge in [-0.15, -0.1) is 12.4 Å². The number of hydrogen-bond donors (Lipinski definition) is 6. The highest BCUT2D eigenvalue weighted by atomic mass is 35.5. The van der Waals surface area contributed by atoms with Crippen molar-refractivity contribution in [3.8, 4) is 22.5 Å². The number of nitrogens with two attached hydrogens (primary N) is 1. The minimum absolute atomic E-state index is 0. The number of anilines is 4. The Hall–Kier alpha value is -7.43. The lowest BCUT2D eigenvalue weighted by molar-refractivity contribution is 0.101. The Balaban J connectivity index is 0.000000199. The molecule has 422 valence electrons. The molecule has 12 rings (SSSR count). The van der Waals surface area contributed by atoms with Crippen LogP contribution in [-0.2, 0) is 22.6 Å². The molecule has 4 aliphatic rings. The third-order valence-corrected chi connectivity index (χ3v) is 14.5. The van der Waals surface area contributed by atoms with Gasteiger partial charge in [0, 0.05) is 101 Å². The second kappa shape index (κ2) is 28.1. The predicted molar refractivity (Wildman–Crippen MR) is 317 cm³/mol. The molecule has 4 aliphatic heterocycles. The smallest absolute Gasteiger partial charge is 0.274 e. The Morgan fingerprint density at radius 3 is 1.48 bits per heavy atom. The summed E-state index contributed by atoms with van der Waals surface area (Å²) in [6.07, 6.45) is 11.3. The number of halogens is 1. The van der Waals surface area contributed by atoms with Crippen molar-refractivity contribution in [2.75, 3.05) is 106 Å². The summed E-state index contributed by atoms with van der Waals surface area (Å²) in [5.74, 6) is 2.13. The summed E-state index contributed by atoms with van der Waals surface area (Å²) >= 11 is 0. The number of hydrogen-bond acceptors (Lipinski definition) is 16. The number of pyridine rings is 2. The van der Waals surface area contributed by atoms with E-state index in [-0.39, 0.29) is 37.7 Å². The Morgan fingerprint density at radius 1 is 0.600 bits per heavy atom. The number of nitrogens with one attached hydrogen (secondary N) is 4. The van der Waals surface area contributed by atoms with E-state index in [9.17, 15) is 9.59 Å². The molecular formula is C59H74ClN15O5. The number of piperidine rings is 2. The second-order valence-electron chi connectivity index (χ2n) is 20.3. The zero-order valence-corrected chi connectivity index (χ0v) is 45.6. The number of carbonyl (C=O) groups is 2. The fourth-order valence-corrected chi connectivity index (χ4v) is 10.7. The number of fused-ring (bicyclic) bond motifs is 2. The zero-order valence-electron chi connectivity index (χ0n) is 44.8. The summed E-state index contributed by atoms with van der Waals surface area (Å²) in [5, 5.41) is 14.9. The lowest BCUT2D eigenvalue weighted by Crippen LogP contribution is -2.42. The first-order chi connectivity index (χ1) is 38.2. The number of morpholine rings is 2. The number of rotatable bonds is 12. The molecule has 0 saturated carbocycles. The molecule has 4 fully saturated rings. The molecule has 10 heterocycles. The molecule has 4 saturated heterocycles. The van der Waals surface area contributed by atoms with Crippen molar-refractivity contribution in [1.82, 2.24) is 49.7 Å². The Bertz CT molecular complexity index is 3060. The monoisotopic (exact) mass is 1110 g/mol. The number of aliphatic hydroxyl groups is 1. The second-order valence-corrected chi connectivity index (χ2v) is 20.3. The molecule has 0 spiro atoms. The molecule has 8 aromatic rings. The number of nitrogens with zero attached hydrogens (tertiary/aromatic N) is 10. The Morgan fingerprint density at radius 2 is 1.04 bits per heavy atom. The van der Waals surface area contributed by atoms with Crippen LogP contribution in [0.25, 0.3) is 44.6 Å². The van der Waals surface area contributed by atoms with E-state index < -0.39 is 0 Å². The van der Waals surface area contributed by atoms with Gasteiger partial charge >= 0.3 is 0 Å². The van der Waals surface area contributed by atoms with Crippen molar-refractivity contribution in [1.29, 1.82) is 0 Å². The van der Waals surface area contributed by atoms with E-state index in [1.165, 1.54) is 12.8 Å². The van der Waals surface area contributed by atoms with Crippen LogP contribution in [0.2, 0.25) is 0 Å². The molecule has 80 heavy (non-hydrogen) atoms. The number of benzene rings is 2. The molecule has 2 aromatic carbocycles. The standard InChI is InChI=1S/C29H33N7O2.C28H32N8O2.CH4O.CH4.ClH/c1-20-3-2-10-35(17-20)18-21-8-9-30-26(15-21)29(37)33-23-6-4-22(5-7-23)25-16-24-27(34-25)31-19-32-28(24)36-11-13-38-14-12-36;29-21-2-1-9-35(17-21)16-19-7-8-30-25(14-19)28(37)33-22-5-3-20(4-6-22)24-15-23-26(34-24)31-18-32-27(23)36-10-12-38-13-11-36;1-2;;/h4-9,15-16,19-20H,2-3,10-14,17-18H2,1H3,(H,33,37)(H,31,32,34);3-8,14-15,18,21H,1-2,9-13,16-17,29H2,(H,33,37)(H,31,32,34);2H,1H3;1H4;1H/t20-;21-;;;/m11.../s1. The van der Waals surface area contributed by atoms with Gasteiger partial charge in [0.15, 0.2) is 0 Å². The highest BCUT2D eigenvalue weighted by Crippen LogP contribution is 2.32. The van der Waals surface area contributed by atoms with E-state index in [0.29, 0.717) is 43.5 Å². The van der Waals surface area contributed by atoms with Crippen LogP contribution in [0.4, 0.5) is 23.0 Å². The average Bonchev–Trinajstić information content (AvgIpc) is 4.22. The summed E-state index contributed by atoms with van der Waals surface area (Å²) in [5.41, 5.74) is 16.1. The maximum absolute atomic E-state index is 12.9. The maximum Gasteiger partial charge on any atom is 0.274 e. The maximum atomic E-state index is 12.9. The number of aliphatic hydroxyl groups excluding tert-OH is 1.